The maximum absolute atomic E-state index is 11.0. The van der Waals surface area contributed by atoms with Gasteiger partial charge in [-0.05, 0) is 367 Å². The third-order valence-electron chi connectivity index (χ3n) is 28.9. The van der Waals surface area contributed by atoms with E-state index in [1.165, 1.54) is 381 Å². The molecule has 0 spiro atoms. The van der Waals surface area contributed by atoms with E-state index >= 15 is 0 Å². The van der Waals surface area contributed by atoms with Gasteiger partial charge >= 0.3 is 0 Å². The van der Waals surface area contributed by atoms with Crippen molar-refractivity contribution < 1.29 is 19.8 Å². The zero-order valence-corrected chi connectivity index (χ0v) is 74.0. The summed E-state index contributed by atoms with van der Waals surface area (Å²) < 4.78 is 0. The van der Waals surface area contributed by atoms with Gasteiger partial charge in [0.25, 0.3) is 0 Å². The maximum atomic E-state index is 11.0. The normalized spacial score (nSPS) is 30.8. The second-order valence-electron chi connectivity index (χ2n) is 38.2. The van der Waals surface area contributed by atoms with Crippen LogP contribution in [0.15, 0.2) is 0 Å². The molecule has 19 aliphatic rings. The maximum Gasteiger partial charge on any atom is 0.227 e. The zero-order chi connectivity index (χ0) is 79.5. The van der Waals surface area contributed by atoms with Crippen LogP contribution in [0.4, 0.5) is 0 Å². The molecule has 2 N–H and O–H groups in total. The first-order valence-corrected chi connectivity index (χ1v) is 48.4. The van der Waals surface area contributed by atoms with Crippen LogP contribution in [-0.2, 0) is 9.59 Å². The summed E-state index contributed by atoms with van der Waals surface area (Å²) in [6.45, 7) is 58.2. The quantitative estimate of drug-likeness (QED) is 0.160. The molecule has 0 aromatic carbocycles. The van der Waals surface area contributed by atoms with Crippen molar-refractivity contribution in [1.29, 1.82) is 0 Å². The molecule has 18 nitrogen and oxygen atoms in total. The summed E-state index contributed by atoms with van der Waals surface area (Å²) in [4.78, 5) is 57.6. The van der Waals surface area contributed by atoms with Gasteiger partial charge in [0, 0.05) is 121 Å². The molecule has 112 heavy (non-hydrogen) atoms. The first kappa shape index (κ1) is 94.9. The van der Waals surface area contributed by atoms with Gasteiger partial charge < -0.3 is 59.1 Å². The van der Waals surface area contributed by atoms with E-state index in [1.807, 2.05) is 9.80 Å². The summed E-state index contributed by atoms with van der Waals surface area (Å²) in [5.41, 5.74) is 0. The van der Waals surface area contributed by atoms with Gasteiger partial charge in [-0.2, -0.15) is 0 Å². The molecule has 646 valence electrons. The van der Waals surface area contributed by atoms with Gasteiger partial charge in [0.15, 0.2) is 0 Å². The van der Waals surface area contributed by atoms with E-state index in [4.69, 9.17) is 23.4 Å². The summed E-state index contributed by atoms with van der Waals surface area (Å²) in [6.07, 6.45) is 57.8. The molecule has 18 heteroatoms. The Kier molecular flexibility index (Phi) is 46.9. The average Bonchev–Trinajstić information content (AvgIpc) is 1.63. The number of likely N-dealkylation sites (tertiary alicyclic amines) is 12. The summed E-state index contributed by atoms with van der Waals surface area (Å²) in [6, 6.07) is 7.13. The predicted molar refractivity (Wildman–Crippen MR) is 468 cm³/mol. The van der Waals surface area contributed by atoms with Crippen LogP contribution in [0.25, 0.3) is 9.69 Å². The van der Waals surface area contributed by atoms with Crippen molar-refractivity contribution in [3.05, 3.63) is 22.8 Å². The summed E-state index contributed by atoms with van der Waals surface area (Å²) >= 11 is 0. The molecule has 7 aliphatic carbocycles. The molecule has 10 atom stereocenters. The van der Waals surface area contributed by atoms with Crippen LogP contribution in [0.2, 0.25) is 0 Å². The Morgan fingerprint density at radius 3 is 1.04 bits per heavy atom. The Hall–Kier alpha value is -2.56. The number of aliphatic hydroxyl groups excluding tert-OH is 2. The standard InChI is InChI=1S/C9H14N2.C9H15N.C9H17N.C8H14N2.C8H13NO.C8H15NO.C8H15N.C8H17N.C7H13NO.C7H15NO.C7H15N.C6H13N/c1-10-4-5-11-7-8-2-3-9(11)6-8;1-2-9-5-7(1)6-10(9)8-3-4-8;1-2-5-10-7-8-3-4-9(10)6-8;1-9-5-8-10-6-3-2-4-7-10;1-6(10)9-5-7-2-3-8(9)4-7;10-4-3-9-6-7-1-2-8(9)5-7;1-2-6-9(7-3-1)8-4-5-8;1-8(2)9-6-4-3-5-7-9;1-7(9)8-5-3-2-4-6-8;9-7-6-8-4-2-1-3-5-8;1-2-8-6-4-3-5-7-8;1-7-5-3-2-4-6-7/h8-9H,2-7H2;7-9H,1-6H2;8-9H,2-7H2,1H3;2-8H2;7-8H,2-5H2,1H3;7-8,10H,1-6H2;8H,1-7H2;8H,3-7H2,1-2H3;2-6H2,1H3;9H,1-7H2;2-7H2,1H3;2-6H2,1H3. The minimum Gasteiger partial charge on any atom is -0.395 e. The second kappa shape index (κ2) is 55.3. The number of hydrogen-bond donors (Lipinski definition) is 2. The molecule has 10 unspecified atom stereocenters. The average molecular weight is 1570 g/mol. The Labute approximate surface area is 689 Å². The number of carbonyl (C=O) groups is 2. The van der Waals surface area contributed by atoms with Crippen molar-refractivity contribution in [3.63, 3.8) is 0 Å². The largest absolute Gasteiger partial charge is 0.395 e. The Balaban J connectivity index is 0.000000153. The van der Waals surface area contributed by atoms with Crippen molar-refractivity contribution in [2.24, 2.45) is 29.6 Å². The zero-order valence-electron chi connectivity index (χ0n) is 74.0. The molecule has 19 fully saturated rings. The number of rotatable bonds is 14. The van der Waals surface area contributed by atoms with E-state index in [0.717, 1.165) is 118 Å². The van der Waals surface area contributed by atoms with Crippen LogP contribution in [0.3, 0.4) is 0 Å². The molecular weight excluding hydrogens is 1390 g/mol. The molecule has 10 bridgehead atoms. The van der Waals surface area contributed by atoms with Gasteiger partial charge in [0.1, 0.15) is 0 Å². The smallest absolute Gasteiger partial charge is 0.227 e. The van der Waals surface area contributed by atoms with Crippen molar-refractivity contribution >= 4 is 11.8 Å². The Bertz CT molecular complexity index is 2460. The number of nitrogens with zero attached hydrogens (tertiary/aromatic N) is 14. The number of fused-ring (bicyclic) bond motifs is 10. The molecular formula is C94H176N14O4. The highest BCUT2D eigenvalue weighted by molar-refractivity contribution is 5.74. The van der Waals surface area contributed by atoms with E-state index in [1.54, 1.807) is 13.8 Å². The molecule has 0 radical (unpaired) electrons. The molecule has 0 aromatic rings. The predicted octanol–water partition coefficient (Wildman–Crippen LogP) is 15.4. The van der Waals surface area contributed by atoms with Gasteiger partial charge in [-0.15, -0.1) is 0 Å². The van der Waals surface area contributed by atoms with E-state index in [9.17, 15) is 9.59 Å². The minimum atomic E-state index is 0.231. The number of amides is 2. The summed E-state index contributed by atoms with van der Waals surface area (Å²) in [5.74, 6) is 5.47. The van der Waals surface area contributed by atoms with E-state index in [2.05, 4.69) is 93.4 Å². The fraction of sp³-hybridized carbons (Fsp3) is 0.957. The van der Waals surface area contributed by atoms with Crippen molar-refractivity contribution in [3.8, 4) is 0 Å². The lowest BCUT2D eigenvalue weighted by molar-refractivity contribution is -0.130. The van der Waals surface area contributed by atoms with Gasteiger partial charge in [0.05, 0.1) is 26.3 Å². The SMILES string of the molecule is C1CC2CC1CN2C1CC1.C1CCN(C2CC2)CC1.CC(=O)N1CC2CCC1C2.CC(=O)N1CCCCC1.CC(C)N1CCCCC1.CCCN1CC2CCC1C2.CCN1CCCCC1.CN1CCCCC1.OCCN1CC2CCC1C2.OCCN1CCCCC1.[C-]#[N+]CCN1CC2CCC1C2.[C-]#[N+]CCN1CCCCC1. The monoisotopic (exact) mass is 1570 g/mol. The highest BCUT2D eigenvalue weighted by Crippen LogP contribution is 2.44. The second-order valence-corrected chi connectivity index (χ2v) is 38.2. The van der Waals surface area contributed by atoms with E-state index < -0.39 is 0 Å². The molecule has 12 aliphatic heterocycles. The first-order chi connectivity index (χ1) is 54.7. The highest BCUT2D eigenvalue weighted by atomic mass is 16.3. The van der Waals surface area contributed by atoms with Crippen LogP contribution in [-0.4, -0.2) is 326 Å². The van der Waals surface area contributed by atoms with Gasteiger partial charge in [-0.1, -0.05) is 52.4 Å². The van der Waals surface area contributed by atoms with Crippen LogP contribution in [0.5, 0.6) is 0 Å². The molecule has 12 saturated heterocycles. The summed E-state index contributed by atoms with van der Waals surface area (Å²) in [5, 5.41) is 17.3. The number of aliphatic hydroxyl groups is 2. The molecule has 2 amide bonds. The fourth-order valence-electron chi connectivity index (χ4n) is 22.0. The molecule has 12 heterocycles. The van der Waals surface area contributed by atoms with Crippen LogP contribution >= 0.6 is 0 Å². The molecule has 7 saturated carbocycles. The number of hydrogen-bond acceptors (Lipinski definition) is 14. The molecule has 19 rings (SSSR count). The highest BCUT2D eigenvalue weighted by Gasteiger charge is 2.45. The lowest BCUT2D eigenvalue weighted by Crippen LogP contribution is -2.35. The van der Waals surface area contributed by atoms with Gasteiger partial charge in [-0.25, -0.2) is 13.1 Å². The van der Waals surface area contributed by atoms with Gasteiger partial charge in [0.2, 0.25) is 24.9 Å². The first-order valence-electron chi connectivity index (χ1n) is 48.4. The third kappa shape index (κ3) is 36.2. The molecule has 0 aromatic heterocycles. The number of carbonyl (C=O) groups excluding carboxylic acids is 2. The Morgan fingerprint density at radius 1 is 0.366 bits per heavy atom. The van der Waals surface area contributed by atoms with E-state index in [0.29, 0.717) is 32.3 Å². The number of piperidine rings is 12. The van der Waals surface area contributed by atoms with Crippen molar-refractivity contribution in [2.45, 2.75) is 353 Å². The van der Waals surface area contributed by atoms with Gasteiger partial charge in [-0.3, -0.25) is 29.2 Å². The lowest BCUT2D eigenvalue weighted by atomic mass is 10.1. The van der Waals surface area contributed by atoms with Crippen molar-refractivity contribution in [1.82, 2.24) is 58.8 Å². The summed E-state index contributed by atoms with van der Waals surface area (Å²) in [7, 11) is 2.19. The topological polar surface area (TPSA) is 122 Å². The van der Waals surface area contributed by atoms with Crippen LogP contribution < -0.4 is 0 Å². The van der Waals surface area contributed by atoms with E-state index in [-0.39, 0.29) is 11.8 Å². The lowest BCUT2D eigenvalue weighted by Gasteiger charge is -2.29. The van der Waals surface area contributed by atoms with Crippen molar-refractivity contribution in [2.75, 3.05) is 197 Å². The minimum absolute atomic E-state index is 0.231. The fourth-order valence-corrected chi connectivity index (χ4v) is 22.0. The van der Waals surface area contributed by atoms with Crippen LogP contribution in [0.1, 0.15) is 305 Å². The van der Waals surface area contributed by atoms with Crippen LogP contribution in [0, 0.1) is 42.7 Å². The Morgan fingerprint density at radius 2 is 0.732 bits per heavy atom. The number of β-amino-alcohol motifs (C(OH)–C–C–N with tert-alkyl or cyclic N) is 2. The third-order valence-corrected chi connectivity index (χ3v) is 28.9.